The van der Waals surface area contributed by atoms with Crippen LogP contribution in [0.2, 0.25) is 0 Å². The number of nitrogens with zero attached hydrogens (tertiary/aromatic N) is 2. The van der Waals surface area contributed by atoms with Crippen LogP contribution in [0, 0.1) is 0 Å². The second-order valence-electron chi connectivity index (χ2n) is 6.89. The van der Waals surface area contributed by atoms with Gasteiger partial charge in [-0.3, -0.25) is 9.89 Å². The molecule has 3 N–H and O–H groups in total. The molecule has 1 saturated carbocycles. The third kappa shape index (κ3) is 4.67. The first-order valence-electron chi connectivity index (χ1n) is 9.19. The van der Waals surface area contributed by atoms with Crippen molar-refractivity contribution in [2.45, 2.75) is 37.6 Å². The van der Waals surface area contributed by atoms with E-state index in [2.05, 4.69) is 46.2 Å². The van der Waals surface area contributed by atoms with E-state index in [4.69, 9.17) is 10.7 Å². The van der Waals surface area contributed by atoms with Crippen molar-refractivity contribution in [2.75, 3.05) is 37.7 Å². The van der Waals surface area contributed by atoms with Crippen LogP contribution in [0.4, 0.5) is 0 Å². The van der Waals surface area contributed by atoms with Crippen LogP contribution in [-0.4, -0.2) is 54.1 Å². The monoisotopic (exact) mass is 346 g/mol. The fraction of sp³-hybridized carbons (Fsp3) is 0.632. The van der Waals surface area contributed by atoms with E-state index in [1.807, 2.05) is 6.07 Å². The molecule has 1 aliphatic carbocycles. The van der Waals surface area contributed by atoms with E-state index in [0.29, 0.717) is 5.96 Å². The molecule has 2 aliphatic rings. The number of nitrogens with one attached hydrogen (secondary N) is 1. The Labute approximate surface area is 150 Å². The van der Waals surface area contributed by atoms with Gasteiger partial charge in [0, 0.05) is 36.7 Å². The molecule has 1 heterocycles. The number of guanidine groups is 1. The Morgan fingerprint density at radius 3 is 2.58 bits per heavy atom. The highest BCUT2D eigenvalue weighted by molar-refractivity contribution is 7.99. The highest BCUT2D eigenvalue weighted by Gasteiger charge is 2.39. The van der Waals surface area contributed by atoms with Gasteiger partial charge < -0.3 is 11.1 Å². The third-order valence-electron chi connectivity index (χ3n) is 5.32. The molecular weight excluding hydrogens is 316 g/mol. The minimum atomic E-state index is 0.271. The highest BCUT2D eigenvalue weighted by atomic mass is 32.2. The topological polar surface area (TPSA) is 53.6 Å². The van der Waals surface area contributed by atoms with Gasteiger partial charge in [0.15, 0.2) is 5.96 Å². The molecule has 2 fully saturated rings. The smallest absolute Gasteiger partial charge is 0.188 e. The molecule has 0 atom stereocenters. The van der Waals surface area contributed by atoms with Crippen LogP contribution in [0.3, 0.4) is 0 Å². The lowest BCUT2D eigenvalue weighted by molar-refractivity contribution is 0.112. The van der Waals surface area contributed by atoms with Crippen molar-refractivity contribution in [3.63, 3.8) is 0 Å². The summed E-state index contributed by atoms with van der Waals surface area (Å²) in [5.74, 6) is 3.12. The average molecular weight is 347 g/mol. The number of hydrogen-bond acceptors (Lipinski definition) is 3. The first-order valence-corrected chi connectivity index (χ1v) is 10.3. The molecule has 1 aliphatic heterocycles. The lowest BCUT2D eigenvalue weighted by atomic mass is 9.95. The van der Waals surface area contributed by atoms with Crippen molar-refractivity contribution in [1.82, 2.24) is 10.2 Å². The zero-order valence-electron chi connectivity index (χ0n) is 14.5. The van der Waals surface area contributed by atoms with Gasteiger partial charge >= 0.3 is 0 Å². The predicted molar refractivity (Wildman–Crippen MR) is 105 cm³/mol. The van der Waals surface area contributed by atoms with Crippen LogP contribution in [0.25, 0.3) is 0 Å². The lowest BCUT2D eigenvalue weighted by Crippen LogP contribution is -2.53. The first-order chi connectivity index (χ1) is 11.8. The van der Waals surface area contributed by atoms with E-state index in [0.717, 1.165) is 19.5 Å². The fourth-order valence-electron chi connectivity index (χ4n) is 3.91. The van der Waals surface area contributed by atoms with Gasteiger partial charge in [-0.25, -0.2) is 0 Å². The van der Waals surface area contributed by atoms with Crippen LogP contribution in [0.1, 0.15) is 31.2 Å². The predicted octanol–water partition coefficient (Wildman–Crippen LogP) is 2.50. The number of nitrogens with two attached hydrogens (primary N) is 1. The average Bonchev–Trinajstić information content (AvgIpc) is 3.12. The van der Waals surface area contributed by atoms with Gasteiger partial charge in [0.25, 0.3) is 0 Å². The van der Waals surface area contributed by atoms with Crippen molar-refractivity contribution in [3.05, 3.63) is 35.9 Å². The lowest BCUT2D eigenvalue weighted by Gasteiger charge is -2.42. The zero-order chi connectivity index (χ0) is 16.7. The summed E-state index contributed by atoms with van der Waals surface area (Å²) in [6.45, 7) is 4.11. The molecule has 0 unspecified atom stereocenters. The van der Waals surface area contributed by atoms with E-state index in [9.17, 15) is 0 Å². The zero-order valence-corrected chi connectivity index (χ0v) is 15.4. The van der Waals surface area contributed by atoms with Gasteiger partial charge in [0.2, 0.25) is 0 Å². The normalized spacial score (nSPS) is 21.8. The number of aliphatic imine (C=N–C) groups is 1. The molecule has 0 aromatic heterocycles. The Kier molecular flexibility index (Phi) is 6.44. The molecule has 3 rings (SSSR count). The molecule has 1 aromatic rings. The Morgan fingerprint density at radius 2 is 1.88 bits per heavy atom. The molecule has 24 heavy (non-hydrogen) atoms. The minimum absolute atomic E-state index is 0.271. The van der Waals surface area contributed by atoms with Gasteiger partial charge in [0.05, 0.1) is 6.54 Å². The van der Waals surface area contributed by atoms with Gasteiger partial charge in [-0.05, 0) is 24.8 Å². The molecule has 0 bridgehead atoms. The van der Waals surface area contributed by atoms with Crippen LogP contribution in [0.15, 0.2) is 35.3 Å². The largest absolute Gasteiger partial charge is 0.370 e. The second-order valence-corrected chi connectivity index (χ2v) is 8.12. The number of thioether (sulfide) groups is 1. The number of hydrogen-bond donors (Lipinski definition) is 2. The molecule has 4 nitrogen and oxygen atoms in total. The Hall–Kier alpha value is -1.20. The molecule has 132 valence electrons. The van der Waals surface area contributed by atoms with Gasteiger partial charge in [-0.1, -0.05) is 43.2 Å². The van der Waals surface area contributed by atoms with Crippen molar-refractivity contribution < 1.29 is 0 Å². The first kappa shape index (κ1) is 17.6. The minimum Gasteiger partial charge on any atom is -0.370 e. The standard InChI is InChI=1S/C19H30N4S/c20-18(21-11-8-17-6-2-1-3-7-17)22-16-19(9-4-5-10-19)23-12-14-24-15-13-23/h1-3,6-7H,4-5,8-16H2,(H3,20,21,22). The van der Waals surface area contributed by atoms with Gasteiger partial charge in [-0.15, -0.1) is 0 Å². The van der Waals surface area contributed by atoms with Crippen molar-refractivity contribution in [2.24, 2.45) is 10.7 Å². The maximum Gasteiger partial charge on any atom is 0.188 e. The molecule has 0 amide bonds. The molecule has 1 saturated heterocycles. The second kappa shape index (κ2) is 8.77. The number of benzene rings is 1. The summed E-state index contributed by atoms with van der Waals surface area (Å²) in [6.07, 6.45) is 6.20. The summed E-state index contributed by atoms with van der Waals surface area (Å²) in [6, 6.07) is 10.5. The van der Waals surface area contributed by atoms with Crippen molar-refractivity contribution in [1.29, 1.82) is 0 Å². The maximum absolute atomic E-state index is 6.12. The van der Waals surface area contributed by atoms with Crippen molar-refractivity contribution >= 4 is 17.7 Å². The molecule has 0 radical (unpaired) electrons. The summed E-state index contributed by atoms with van der Waals surface area (Å²) in [5, 5.41) is 3.28. The molecule has 1 aromatic carbocycles. The van der Waals surface area contributed by atoms with Crippen LogP contribution in [-0.2, 0) is 6.42 Å². The number of rotatable bonds is 6. The Balaban J connectivity index is 1.50. The van der Waals surface area contributed by atoms with Gasteiger partial charge in [-0.2, -0.15) is 11.8 Å². The summed E-state index contributed by atoms with van der Waals surface area (Å²) >= 11 is 2.08. The third-order valence-corrected chi connectivity index (χ3v) is 6.27. The highest BCUT2D eigenvalue weighted by Crippen LogP contribution is 2.36. The SMILES string of the molecule is NC(=NCC1(N2CCSCC2)CCCC1)NCCc1ccccc1. The van der Waals surface area contributed by atoms with Crippen LogP contribution in [0.5, 0.6) is 0 Å². The van der Waals surface area contributed by atoms with E-state index >= 15 is 0 Å². The van der Waals surface area contributed by atoms with Crippen molar-refractivity contribution in [3.8, 4) is 0 Å². The van der Waals surface area contributed by atoms with E-state index < -0.39 is 0 Å². The quantitative estimate of drug-likeness (QED) is 0.614. The van der Waals surface area contributed by atoms with E-state index in [1.54, 1.807) is 0 Å². The summed E-state index contributed by atoms with van der Waals surface area (Å²) in [4.78, 5) is 7.41. The summed E-state index contributed by atoms with van der Waals surface area (Å²) < 4.78 is 0. The molecule has 5 heteroatoms. The Bertz CT molecular complexity index is 519. The van der Waals surface area contributed by atoms with E-state index in [1.165, 1.54) is 55.8 Å². The Morgan fingerprint density at radius 1 is 1.17 bits per heavy atom. The van der Waals surface area contributed by atoms with Crippen LogP contribution >= 0.6 is 11.8 Å². The maximum atomic E-state index is 6.12. The summed E-state index contributed by atoms with van der Waals surface area (Å²) in [7, 11) is 0. The van der Waals surface area contributed by atoms with E-state index in [-0.39, 0.29) is 5.54 Å². The summed E-state index contributed by atoms with van der Waals surface area (Å²) in [5.41, 5.74) is 7.72. The van der Waals surface area contributed by atoms with Crippen LogP contribution < -0.4 is 11.1 Å². The molecular formula is C19H30N4S. The van der Waals surface area contributed by atoms with Gasteiger partial charge in [0.1, 0.15) is 0 Å². The molecule has 0 spiro atoms. The fourth-order valence-corrected chi connectivity index (χ4v) is 4.82.